The minimum atomic E-state index is -0.376. The summed E-state index contributed by atoms with van der Waals surface area (Å²) in [5, 5.41) is 12.7. The van der Waals surface area contributed by atoms with Gasteiger partial charge in [-0.15, -0.1) is 0 Å². The second kappa shape index (κ2) is 6.14. The molecule has 4 heteroatoms. The fourth-order valence-electron chi connectivity index (χ4n) is 2.53. The van der Waals surface area contributed by atoms with E-state index in [1.807, 2.05) is 31.4 Å². The number of nitriles is 1. The lowest BCUT2D eigenvalue weighted by atomic mass is 9.94. The van der Waals surface area contributed by atoms with Gasteiger partial charge in [0.25, 0.3) is 0 Å². The number of aromatic nitrogens is 1. The lowest BCUT2D eigenvalue weighted by Gasteiger charge is -2.31. The van der Waals surface area contributed by atoms with E-state index >= 15 is 0 Å². The normalized spacial score (nSPS) is 18.0. The topological polar surface area (TPSA) is 52.0 Å². The van der Waals surface area contributed by atoms with Crippen LogP contribution in [0.4, 0.5) is 0 Å². The number of nitrogens with zero attached hydrogens (tertiary/aromatic N) is 3. The maximum Gasteiger partial charge on any atom is 0.122 e. The predicted octanol–water partition coefficient (Wildman–Crippen LogP) is 1.45. The quantitative estimate of drug-likeness (QED) is 0.804. The second-order valence-corrected chi connectivity index (χ2v) is 5.42. The molecule has 19 heavy (non-hydrogen) atoms. The molecule has 1 unspecified atom stereocenters. The van der Waals surface area contributed by atoms with Gasteiger partial charge in [-0.25, -0.2) is 0 Å². The fraction of sp³-hybridized carbons (Fsp3) is 0.600. The van der Waals surface area contributed by atoms with Crippen LogP contribution in [-0.4, -0.2) is 42.6 Å². The monoisotopic (exact) mass is 258 g/mol. The standard InChI is InChI=1S/C15H22N4/c1-17-15(11-16,13-6-7-13)12-19(2)10-8-14-5-3-4-9-18-14/h3-5,9,13,17H,6-8,10,12H2,1-2H3. The zero-order valence-corrected chi connectivity index (χ0v) is 11.8. The first-order valence-electron chi connectivity index (χ1n) is 6.89. The maximum absolute atomic E-state index is 9.47. The average Bonchev–Trinajstić information content (AvgIpc) is 3.29. The second-order valence-electron chi connectivity index (χ2n) is 5.42. The molecule has 0 amide bonds. The molecule has 1 aliphatic carbocycles. The average molecular weight is 258 g/mol. The van der Waals surface area contributed by atoms with Gasteiger partial charge in [0.15, 0.2) is 0 Å². The Morgan fingerprint density at radius 1 is 1.53 bits per heavy atom. The molecule has 0 spiro atoms. The van der Waals surface area contributed by atoms with Crippen molar-refractivity contribution in [3.05, 3.63) is 30.1 Å². The molecule has 1 aliphatic rings. The van der Waals surface area contributed by atoms with Crippen LogP contribution >= 0.6 is 0 Å². The smallest absolute Gasteiger partial charge is 0.122 e. The predicted molar refractivity (Wildman–Crippen MR) is 75.6 cm³/mol. The zero-order chi connectivity index (χ0) is 13.7. The summed E-state index contributed by atoms with van der Waals surface area (Å²) in [7, 11) is 3.98. The summed E-state index contributed by atoms with van der Waals surface area (Å²) in [6, 6.07) is 8.48. The van der Waals surface area contributed by atoms with Crippen molar-refractivity contribution in [2.75, 3.05) is 27.2 Å². The van der Waals surface area contributed by atoms with Crippen LogP contribution in [0.2, 0.25) is 0 Å². The third-order valence-electron chi connectivity index (χ3n) is 3.92. The SMILES string of the molecule is CNC(C#N)(CN(C)CCc1ccccn1)C1CC1. The molecule has 0 bridgehead atoms. The molecular weight excluding hydrogens is 236 g/mol. The van der Waals surface area contributed by atoms with E-state index in [1.54, 1.807) is 0 Å². The molecule has 4 nitrogen and oxygen atoms in total. The lowest BCUT2D eigenvalue weighted by molar-refractivity contribution is 0.238. The molecule has 0 aromatic carbocycles. The van der Waals surface area contributed by atoms with Crippen LogP contribution in [0.25, 0.3) is 0 Å². The molecule has 1 aromatic heterocycles. The third kappa shape index (κ3) is 3.52. The number of rotatable bonds is 7. The number of likely N-dealkylation sites (N-methyl/N-ethyl adjacent to an activating group) is 2. The van der Waals surface area contributed by atoms with Crippen molar-refractivity contribution in [3.63, 3.8) is 0 Å². The van der Waals surface area contributed by atoms with Crippen molar-refractivity contribution in [3.8, 4) is 6.07 Å². The minimum absolute atomic E-state index is 0.376. The summed E-state index contributed by atoms with van der Waals surface area (Å²) in [5.74, 6) is 0.514. The fourth-order valence-corrected chi connectivity index (χ4v) is 2.53. The van der Waals surface area contributed by atoms with Gasteiger partial charge >= 0.3 is 0 Å². The van der Waals surface area contributed by atoms with Crippen molar-refractivity contribution >= 4 is 0 Å². The first kappa shape index (κ1) is 14.0. The molecule has 1 atom stereocenters. The molecular formula is C15H22N4. The van der Waals surface area contributed by atoms with E-state index in [0.29, 0.717) is 5.92 Å². The van der Waals surface area contributed by atoms with Gasteiger partial charge in [0.2, 0.25) is 0 Å². The van der Waals surface area contributed by atoms with E-state index < -0.39 is 0 Å². The van der Waals surface area contributed by atoms with Crippen molar-refractivity contribution in [2.45, 2.75) is 24.8 Å². The van der Waals surface area contributed by atoms with Crippen molar-refractivity contribution < 1.29 is 0 Å². The molecule has 2 rings (SSSR count). The highest BCUT2D eigenvalue weighted by molar-refractivity contribution is 5.16. The maximum atomic E-state index is 9.47. The van der Waals surface area contributed by atoms with Crippen LogP contribution in [0.15, 0.2) is 24.4 Å². The van der Waals surface area contributed by atoms with E-state index in [2.05, 4.69) is 28.3 Å². The van der Waals surface area contributed by atoms with Crippen LogP contribution in [0.3, 0.4) is 0 Å². The Morgan fingerprint density at radius 3 is 2.84 bits per heavy atom. The molecule has 1 N–H and O–H groups in total. The summed E-state index contributed by atoms with van der Waals surface area (Å²) in [5.41, 5.74) is 0.728. The Balaban J connectivity index is 1.86. The Kier molecular flexibility index (Phi) is 4.52. The Labute approximate surface area is 115 Å². The molecule has 0 aliphatic heterocycles. The molecule has 1 heterocycles. The van der Waals surface area contributed by atoms with E-state index in [0.717, 1.165) is 25.2 Å². The summed E-state index contributed by atoms with van der Waals surface area (Å²) >= 11 is 0. The van der Waals surface area contributed by atoms with Crippen LogP contribution in [0, 0.1) is 17.2 Å². The van der Waals surface area contributed by atoms with E-state index in [-0.39, 0.29) is 5.54 Å². The van der Waals surface area contributed by atoms with Gasteiger partial charge < -0.3 is 10.2 Å². The first-order chi connectivity index (χ1) is 9.20. The number of hydrogen-bond donors (Lipinski definition) is 1. The van der Waals surface area contributed by atoms with E-state index in [4.69, 9.17) is 0 Å². The Bertz CT molecular complexity index is 435. The van der Waals surface area contributed by atoms with Gasteiger partial charge in [-0.3, -0.25) is 4.98 Å². The van der Waals surface area contributed by atoms with Gasteiger partial charge in [-0.05, 0) is 45.0 Å². The lowest BCUT2D eigenvalue weighted by Crippen LogP contribution is -2.52. The minimum Gasteiger partial charge on any atom is -0.303 e. The highest BCUT2D eigenvalue weighted by Gasteiger charge is 2.45. The summed E-state index contributed by atoms with van der Waals surface area (Å²) in [4.78, 5) is 6.56. The van der Waals surface area contributed by atoms with Crippen LogP contribution in [0.1, 0.15) is 18.5 Å². The highest BCUT2D eigenvalue weighted by atomic mass is 15.1. The van der Waals surface area contributed by atoms with Crippen LogP contribution in [-0.2, 0) is 6.42 Å². The van der Waals surface area contributed by atoms with E-state index in [1.165, 1.54) is 12.8 Å². The highest BCUT2D eigenvalue weighted by Crippen LogP contribution is 2.39. The van der Waals surface area contributed by atoms with Crippen molar-refractivity contribution in [1.29, 1.82) is 5.26 Å². The number of pyridine rings is 1. The molecule has 1 fully saturated rings. The van der Waals surface area contributed by atoms with Gasteiger partial charge in [0.1, 0.15) is 5.54 Å². The summed E-state index contributed by atoms with van der Waals surface area (Å²) in [6.07, 6.45) is 5.09. The molecule has 0 saturated heterocycles. The first-order valence-corrected chi connectivity index (χ1v) is 6.89. The molecule has 0 radical (unpaired) electrons. The molecule has 1 saturated carbocycles. The Morgan fingerprint density at radius 2 is 2.32 bits per heavy atom. The summed E-state index contributed by atoms with van der Waals surface area (Å²) < 4.78 is 0. The van der Waals surface area contributed by atoms with Gasteiger partial charge in [-0.1, -0.05) is 6.07 Å². The number of nitrogens with one attached hydrogen (secondary N) is 1. The van der Waals surface area contributed by atoms with Gasteiger partial charge in [0, 0.05) is 31.4 Å². The van der Waals surface area contributed by atoms with Crippen LogP contribution in [0.5, 0.6) is 0 Å². The van der Waals surface area contributed by atoms with Crippen molar-refractivity contribution in [2.24, 2.45) is 5.92 Å². The van der Waals surface area contributed by atoms with Gasteiger partial charge in [-0.2, -0.15) is 5.26 Å². The third-order valence-corrected chi connectivity index (χ3v) is 3.92. The molecule has 1 aromatic rings. The summed E-state index contributed by atoms with van der Waals surface area (Å²) in [6.45, 7) is 1.70. The number of hydrogen-bond acceptors (Lipinski definition) is 4. The van der Waals surface area contributed by atoms with Gasteiger partial charge in [0.05, 0.1) is 6.07 Å². The molecule has 102 valence electrons. The largest absolute Gasteiger partial charge is 0.303 e. The van der Waals surface area contributed by atoms with E-state index in [9.17, 15) is 5.26 Å². The van der Waals surface area contributed by atoms with Crippen molar-refractivity contribution in [1.82, 2.24) is 15.2 Å². The zero-order valence-electron chi connectivity index (χ0n) is 11.8. The Hall–Kier alpha value is -1.44. The van der Waals surface area contributed by atoms with Crippen LogP contribution < -0.4 is 5.32 Å².